The van der Waals surface area contributed by atoms with Crippen molar-refractivity contribution < 1.29 is 18.3 Å². The van der Waals surface area contributed by atoms with Gasteiger partial charge in [0.2, 0.25) is 0 Å². The second-order valence-corrected chi connectivity index (χ2v) is 6.12. The van der Waals surface area contributed by atoms with E-state index in [1.165, 1.54) is 18.2 Å². The fourth-order valence-corrected chi connectivity index (χ4v) is 2.99. The van der Waals surface area contributed by atoms with Crippen LogP contribution in [0.4, 0.5) is 18.9 Å². The quantitative estimate of drug-likeness (QED) is 0.559. The molecule has 0 saturated carbocycles. The molecule has 130 valence electrons. The minimum Gasteiger partial charge on any atom is -0.507 e. The molecule has 2 aromatic carbocycles. The van der Waals surface area contributed by atoms with Crippen LogP contribution in [-0.4, -0.2) is 10.1 Å². The van der Waals surface area contributed by atoms with Crippen molar-refractivity contribution in [3.05, 3.63) is 56.3 Å². The Hall–Kier alpha value is -2.38. The summed E-state index contributed by atoms with van der Waals surface area (Å²) in [7, 11) is 0. The van der Waals surface area contributed by atoms with Crippen molar-refractivity contribution in [2.24, 2.45) is 0 Å². The Kier molecular flexibility index (Phi) is 4.09. The fourth-order valence-electron chi connectivity index (χ4n) is 2.55. The first-order valence-corrected chi connectivity index (χ1v) is 7.56. The predicted molar refractivity (Wildman–Crippen MR) is 91.1 cm³/mol. The molecule has 0 unspecified atom stereocenters. The van der Waals surface area contributed by atoms with E-state index in [4.69, 9.17) is 28.9 Å². The maximum atomic E-state index is 13.0. The summed E-state index contributed by atoms with van der Waals surface area (Å²) < 4.78 is 39.1. The van der Waals surface area contributed by atoms with Gasteiger partial charge in [0, 0.05) is 27.1 Å². The van der Waals surface area contributed by atoms with Crippen LogP contribution in [0.2, 0.25) is 10.0 Å². The molecular weight excluding hydrogens is 380 g/mol. The van der Waals surface area contributed by atoms with Crippen molar-refractivity contribution in [2.75, 3.05) is 5.73 Å². The minimum absolute atomic E-state index is 0.0503. The van der Waals surface area contributed by atoms with Gasteiger partial charge in [-0.3, -0.25) is 4.79 Å². The van der Waals surface area contributed by atoms with Gasteiger partial charge in [0.15, 0.2) is 0 Å². The van der Waals surface area contributed by atoms with E-state index in [-0.39, 0.29) is 38.5 Å². The van der Waals surface area contributed by atoms with Gasteiger partial charge in [0.05, 0.1) is 10.6 Å². The van der Waals surface area contributed by atoms with Gasteiger partial charge in [-0.25, -0.2) is 0 Å². The van der Waals surface area contributed by atoms with Crippen molar-refractivity contribution in [1.29, 1.82) is 0 Å². The first kappa shape index (κ1) is 17.4. The molecule has 0 amide bonds. The maximum Gasteiger partial charge on any atom is 0.417 e. The van der Waals surface area contributed by atoms with Crippen LogP contribution in [0.3, 0.4) is 0 Å². The van der Waals surface area contributed by atoms with Gasteiger partial charge in [-0.1, -0.05) is 23.2 Å². The molecule has 3 aromatic rings. The third kappa shape index (κ3) is 3.01. The summed E-state index contributed by atoms with van der Waals surface area (Å²) >= 11 is 11.7. The van der Waals surface area contributed by atoms with Crippen molar-refractivity contribution in [2.45, 2.75) is 6.18 Å². The van der Waals surface area contributed by atoms with Crippen LogP contribution in [0.5, 0.6) is 5.75 Å². The number of phenolic OH excluding ortho intramolecular Hbond substituents is 1. The standard InChI is InChI=1S/C16H9Cl2F3N2O2/c17-6-1-2-12(24)8(3-6)13-7-4-10(18)9(16(19,20)21)5-11(7)23-15(25)14(13)22/h1-5,24H,22H2,(H,23,25). The summed E-state index contributed by atoms with van der Waals surface area (Å²) in [6, 6.07) is 5.83. The number of aromatic hydroxyl groups is 1. The molecule has 0 bridgehead atoms. The Morgan fingerprint density at radius 2 is 1.80 bits per heavy atom. The van der Waals surface area contributed by atoms with E-state index >= 15 is 0 Å². The van der Waals surface area contributed by atoms with Crippen LogP contribution in [0, 0.1) is 0 Å². The second kappa shape index (κ2) is 5.86. The van der Waals surface area contributed by atoms with Gasteiger partial charge < -0.3 is 15.8 Å². The molecule has 0 spiro atoms. The third-order valence-corrected chi connectivity index (χ3v) is 4.22. The predicted octanol–water partition coefficient (Wildman–Crippen LogP) is 4.81. The molecule has 9 heteroatoms. The Bertz CT molecular complexity index is 1060. The van der Waals surface area contributed by atoms with Gasteiger partial charge in [-0.15, -0.1) is 0 Å². The van der Waals surface area contributed by atoms with Crippen LogP contribution in [0.15, 0.2) is 35.1 Å². The number of H-pyrrole nitrogens is 1. The number of halogens is 5. The topological polar surface area (TPSA) is 79.1 Å². The highest BCUT2D eigenvalue weighted by molar-refractivity contribution is 6.32. The van der Waals surface area contributed by atoms with Crippen molar-refractivity contribution in [1.82, 2.24) is 4.98 Å². The van der Waals surface area contributed by atoms with E-state index in [9.17, 15) is 23.1 Å². The molecule has 0 radical (unpaired) electrons. The Balaban J connectivity index is 2.47. The first-order valence-electron chi connectivity index (χ1n) is 6.80. The van der Waals surface area contributed by atoms with Crippen molar-refractivity contribution >= 4 is 39.8 Å². The molecule has 0 aliphatic rings. The molecule has 4 nitrogen and oxygen atoms in total. The van der Waals surface area contributed by atoms with E-state index in [1.54, 1.807) is 0 Å². The van der Waals surface area contributed by atoms with Gasteiger partial charge in [-0.2, -0.15) is 13.2 Å². The smallest absolute Gasteiger partial charge is 0.417 e. The lowest BCUT2D eigenvalue weighted by atomic mass is 9.97. The number of anilines is 1. The van der Waals surface area contributed by atoms with Gasteiger partial charge in [0.25, 0.3) is 5.56 Å². The lowest BCUT2D eigenvalue weighted by Crippen LogP contribution is -2.14. The van der Waals surface area contributed by atoms with E-state index in [0.717, 1.165) is 12.1 Å². The summed E-state index contributed by atoms with van der Waals surface area (Å²) in [5.74, 6) is -0.237. The zero-order chi connectivity index (χ0) is 18.5. The van der Waals surface area contributed by atoms with Gasteiger partial charge in [0.1, 0.15) is 11.4 Å². The maximum absolute atomic E-state index is 13.0. The summed E-state index contributed by atoms with van der Waals surface area (Å²) in [6.45, 7) is 0. The second-order valence-electron chi connectivity index (χ2n) is 5.28. The molecule has 1 aromatic heterocycles. The molecule has 1 heterocycles. The number of alkyl halides is 3. The summed E-state index contributed by atoms with van der Waals surface area (Å²) in [5, 5.41) is 9.91. The molecule has 0 atom stereocenters. The monoisotopic (exact) mass is 388 g/mol. The van der Waals surface area contributed by atoms with Crippen molar-refractivity contribution in [3.63, 3.8) is 0 Å². The van der Waals surface area contributed by atoms with Crippen LogP contribution in [0.1, 0.15) is 5.56 Å². The van der Waals surface area contributed by atoms with E-state index < -0.39 is 22.3 Å². The zero-order valence-electron chi connectivity index (χ0n) is 12.2. The number of pyridine rings is 1. The van der Waals surface area contributed by atoms with Crippen LogP contribution in [-0.2, 0) is 6.18 Å². The number of phenols is 1. The minimum atomic E-state index is -4.69. The summed E-state index contributed by atoms with van der Waals surface area (Å²) in [6.07, 6.45) is -4.69. The van der Waals surface area contributed by atoms with E-state index in [0.29, 0.717) is 0 Å². The molecule has 3 rings (SSSR count). The molecule has 0 aliphatic heterocycles. The van der Waals surface area contributed by atoms with E-state index in [2.05, 4.69) is 4.98 Å². The highest BCUT2D eigenvalue weighted by Crippen LogP contribution is 2.42. The number of aromatic amines is 1. The SMILES string of the molecule is Nc1c(-c2cc(Cl)ccc2O)c2cc(Cl)c(C(F)(F)F)cc2[nH]c1=O. The molecule has 0 aliphatic carbocycles. The molecule has 25 heavy (non-hydrogen) atoms. The third-order valence-electron chi connectivity index (χ3n) is 3.67. The number of aromatic nitrogens is 1. The first-order chi connectivity index (χ1) is 11.6. The number of nitrogens with one attached hydrogen (secondary N) is 1. The van der Waals surface area contributed by atoms with Crippen molar-refractivity contribution in [3.8, 4) is 16.9 Å². The number of rotatable bonds is 1. The summed E-state index contributed by atoms with van der Waals surface area (Å²) in [5.41, 5.74) is 3.68. The van der Waals surface area contributed by atoms with Gasteiger partial charge in [-0.05, 0) is 30.3 Å². The van der Waals surface area contributed by atoms with Crippen LogP contribution < -0.4 is 11.3 Å². The average molecular weight is 389 g/mol. The lowest BCUT2D eigenvalue weighted by molar-refractivity contribution is -0.137. The molecule has 0 fully saturated rings. The zero-order valence-corrected chi connectivity index (χ0v) is 13.7. The van der Waals surface area contributed by atoms with E-state index in [1.807, 2.05) is 0 Å². The molecule has 4 N–H and O–H groups in total. The highest BCUT2D eigenvalue weighted by atomic mass is 35.5. The van der Waals surface area contributed by atoms with Crippen LogP contribution >= 0.6 is 23.2 Å². The largest absolute Gasteiger partial charge is 0.507 e. The molecular formula is C16H9Cl2F3N2O2. The van der Waals surface area contributed by atoms with Crippen LogP contribution in [0.25, 0.3) is 22.0 Å². The number of benzene rings is 2. The Morgan fingerprint density at radius 1 is 1.12 bits per heavy atom. The Morgan fingerprint density at radius 3 is 2.44 bits per heavy atom. The Labute approximate surface area is 148 Å². The number of nitrogen functional groups attached to an aromatic ring is 1. The fraction of sp³-hybridized carbons (Fsp3) is 0.0625. The summed E-state index contributed by atoms with van der Waals surface area (Å²) in [4.78, 5) is 14.3. The van der Waals surface area contributed by atoms with Gasteiger partial charge >= 0.3 is 6.18 Å². The number of hydrogen-bond acceptors (Lipinski definition) is 3. The molecule has 0 saturated heterocycles. The number of nitrogens with two attached hydrogens (primary N) is 1. The number of fused-ring (bicyclic) bond motifs is 1. The highest BCUT2D eigenvalue weighted by Gasteiger charge is 2.34. The average Bonchev–Trinajstić information content (AvgIpc) is 2.50. The normalized spacial score (nSPS) is 11.9. The lowest BCUT2D eigenvalue weighted by Gasteiger charge is -2.15. The number of hydrogen-bond donors (Lipinski definition) is 3.